The average Bonchev–Trinajstić information content (AvgIpc) is 2.65. The van der Waals surface area contributed by atoms with E-state index in [-0.39, 0.29) is 39.2 Å². The van der Waals surface area contributed by atoms with Crippen molar-refractivity contribution in [2.45, 2.75) is 0 Å². The lowest BCUT2D eigenvalue weighted by Gasteiger charge is -2.07. The highest BCUT2D eigenvalue weighted by Crippen LogP contribution is 2.23. The van der Waals surface area contributed by atoms with Crippen LogP contribution in [0.25, 0.3) is 17.0 Å². The van der Waals surface area contributed by atoms with Crippen LogP contribution in [-0.2, 0) is 4.79 Å². The number of Topliss-reactive ketones (excluding diaryl/α,β-unsaturated/α-hetero) is 1. The Morgan fingerprint density at radius 2 is 1.81 bits per heavy atom. The average molecular weight is 365 g/mol. The Labute approximate surface area is 152 Å². The smallest absolute Gasteiger partial charge is 0.252 e. The maximum atomic E-state index is 12.7. The van der Waals surface area contributed by atoms with Crippen molar-refractivity contribution in [2.75, 3.05) is 5.73 Å². The Hall–Kier alpha value is -3.91. The number of hydrogen-bond donors (Lipinski definition) is 3. The number of primary amides is 1. The second-order valence-electron chi connectivity index (χ2n) is 5.63. The fraction of sp³-hybridized carbons (Fsp3) is 0. The molecule has 27 heavy (non-hydrogen) atoms. The number of hydrogen-bond acceptors (Lipinski definition) is 7. The van der Waals surface area contributed by atoms with Gasteiger partial charge in [-0.05, 0) is 24.3 Å². The molecule has 3 aromatic rings. The number of amides is 1. The van der Waals surface area contributed by atoms with Crippen LogP contribution in [0, 0.1) is 0 Å². The van der Waals surface area contributed by atoms with Gasteiger partial charge in [-0.25, -0.2) is 0 Å². The quantitative estimate of drug-likeness (QED) is 0.203. The first kappa shape index (κ1) is 17.9. The summed E-state index contributed by atoms with van der Waals surface area (Å²) in [6.07, 6.45) is 1.26. The number of anilines is 1. The van der Waals surface area contributed by atoms with Gasteiger partial charge in [-0.3, -0.25) is 14.4 Å². The molecule has 0 aliphatic heterocycles. The third kappa shape index (κ3) is 3.55. The molecule has 0 atom stereocenters. The number of nitrogen functional groups attached to an aromatic ring is 1. The van der Waals surface area contributed by atoms with E-state index in [1.807, 2.05) is 0 Å². The standard InChI is InChI=1S/C19H15N3O5/c20-16-9-15(23)13-6-2-4-11(18(13)26-16)8-14(19(21)25)17(24)10-3-1-5-12(7-10)27-22/h1-9H,20,22H2,(H2,21,25)/b14-8+. The lowest BCUT2D eigenvalue weighted by Crippen LogP contribution is -2.21. The lowest BCUT2D eigenvalue weighted by molar-refractivity contribution is -0.114. The molecule has 0 saturated carbocycles. The molecule has 0 aliphatic rings. The van der Waals surface area contributed by atoms with Gasteiger partial charge in [0.2, 0.25) is 0 Å². The van der Waals surface area contributed by atoms with Gasteiger partial charge in [0, 0.05) is 17.2 Å². The lowest BCUT2D eigenvalue weighted by atomic mass is 9.99. The summed E-state index contributed by atoms with van der Waals surface area (Å²) in [4.78, 5) is 41.3. The van der Waals surface area contributed by atoms with Crippen molar-refractivity contribution < 1.29 is 18.8 Å². The molecule has 1 aromatic heterocycles. The van der Waals surface area contributed by atoms with Crippen molar-refractivity contribution in [2.24, 2.45) is 11.6 Å². The Balaban J connectivity index is 2.17. The van der Waals surface area contributed by atoms with Gasteiger partial charge in [-0.2, -0.15) is 5.90 Å². The fourth-order valence-corrected chi connectivity index (χ4v) is 2.60. The summed E-state index contributed by atoms with van der Waals surface area (Å²) < 4.78 is 5.41. The zero-order valence-electron chi connectivity index (χ0n) is 14.0. The topological polar surface area (TPSA) is 152 Å². The van der Waals surface area contributed by atoms with Gasteiger partial charge in [-0.1, -0.05) is 24.3 Å². The van der Waals surface area contributed by atoms with E-state index >= 15 is 0 Å². The second kappa shape index (κ2) is 7.14. The number of ketones is 1. The van der Waals surface area contributed by atoms with Crippen LogP contribution in [0.4, 0.5) is 5.88 Å². The molecule has 0 saturated heterocycles. The highest BCUT2D eigenvalue weighted by molar-refractivity contribution is 6.28. The highest BCUT2D eigenvalue weighted by atomic mass is 16.6. The Morgan fingerprint density at radius 3 is 2.52 bits per heavy atom. The van der Waals surface area contributed by atoms with Crippen LogP contribution in [0.5, 0.6) is 5.75 Å². The largest absolute Gasteiger partial charge is 0.440 e. The van der Waals surface area contributed by atoms with E-state index in [9.17, 15) is 14.4 Å². The third-order valence-corrected chi connectivity index (χ3v) is 3.85. The molecule has 8 heteroatoms. The Kier molecular flexibility index (Phi) is 4.73. The van der Waals surface area contributed by atoms with Crippen LogP contribution in [0.2, 0.25) is 0 Å². The fourth-order valence-electron chi connectivity index (χ4n) is 2.60. The predicted octanol–water partition coefficient (Wildman–Crippen LogP) is 1.38. The van der Waals surface area contributed by atoms with Crippen LogP contribution in [0.1, 0.15) is 15.9 Å². The van der Waals surface area contributed by atoms with Gasteiger partial charge in [0.15, 0.2) is 17.1 Å². The normalized spacial score (nSPS) is 11.4. The molecule has 0 unspecified atom stereocenters. The van der Waals surface area contributed by atoms with Crippen molar-refractivity contribution in [3.8, 4) is 5.75 Å². The van der Waals surface area contributed by atoms with E-state index in [4.69, 9.17) is 21.8 Å². The zero-order chi connectivity index (χ0) is 19.6. The molecule has 136 valence electrons. The first-order valence-electron chi connectivity index (χ1n) is 7.76. The zero-order valence-corrected chi connectivity index (χ0v) is 14.0. The summed E-state index contributed by atoms with van der Waals surface area (Å²) in [6, 6.07) is 11.8. The number of nitrogens with two attached hydrogens (primary N) is 3. The number of rotatable bonds is 5. The van der Waals surface area contributed by atoms with E-state index in [0.717, 1.165) is 6.07 Å². The SMILES string of the molecule is NOc1cccc(C(=O)/C(=C\c2cccc3c(=O)cc(N)oc23)C(N)=O)c1. The molecule has 0 aliphatic carbocycles. The second-order valence-corrected chi connectivity index (χ2v) is 5.63. The van der Waals surface area contributed by atoms with Crippen LogP contribution in [0.3, 0.4) is 0 Å². The molecular weight excluding hydrogens is 350 g/mol. The maximum absolute atomic E-state index is 12.7. The molecule has 1 heterocycles. The molecule has 6 N–H and O–H groups in total. The molecule has 0 radical (unpaired) electrons. The molecule has 3 rings (SSSR count). The van der Waals surface area contributed by atoms with E-state index in [1.165, 1.54) is 18.2 Å². The van der Waals surface area contributed by atoms with Gasteiger partial charge < -0.3 is 20.7 Å². The van der Waals surface area contributed by atoms with Gasteiger partial charge in [-0.15, -0.1) is 0 Å². The summed E-state index contributed by atoms with van der Waals surface area (Å²) in [7, 11) is 0. The number of para-hydroxylation sites is 1. The first-order valence-corrected chi connectivity index (χ1v) is 7.76. The third-order valence-electron chi connectivity index (χ3n) is 3.85. The maximum Gasteiger partial charge on any atom is 0.252 e. The Morgan fingerprint density at radius 1 is 1.07 bits per heavy atom. The van der Waals surface area contributed by atoms with Crippen molar-refractivity contribution in [3.05, 3.63) is 75.5 Å². The molecular formula is C19H15N3O5. The predicted molar refractivity (Wildman–Crippen MR) is 99.7 cm³/mol. The number of carbonyl (C=O) groups is 2. The number of carbonyl (C=O) groups excluding carboxylic acids is 2. The Bertz CT molecular complexity index is 1150. The van der Waals surface area contributed by atoms with Gasteiger partial charge in [0.1, 0.15) is 11.3 Å². The molecule has 0 spiro atoms. The van der Waals surface area contributed by atoms with Crippen molar-refractivity contribution in [1.29, 1.82) is 0 Å². The van der Waals surface area contributed by atoms with Gasteiger partial charge in [0.25, 0.3) is 5.91 Å². The molecule has 0 bridgehead atoms. The van der Waals surface area contributed by atoms with Gasteiger partial charge in [0.05, 0.1) is 11.0 Å². The van der Waals surface area contributed by atoms with Crippen LogP contribution >= 0.6 is 0 Å². The number of fused-ring (bicyclic) bond motifs is 1. The van der Waals surface area contributed by atoms with E-state index < -0.39 is 11.7 Å². The van der Waals surface area contributed by atoms with E-state index in [2.05, 4.69) is 4.84 Å². The van der Waals surface area contributed by atoms with E-state index in [0.29, 0.717) is 5.56 Å². The first-order chi connectivity index (χ1) is 12.9. The van der Waals surface area contributed by atoms with Crippen molar-refractivity contribution in [1.82, 2.24) is 0 Å². The van der Waals surface area contributed by atoms with Crippen LogP contribution < -0.4 is 27.6 Å². The minimum absolute atomic E-state index is 0.0897. The van der Waals surface area contributed by atoms with Crippen LogP contribution in [0.15, 0.2) is 63.3 Å². The summed E-state index contributed by atoms with van der Waals surface area (Å²) in [5.74, 6) is 3.67. The minimum atomic E-state index is -0.942. The summed E-state index contributed by atoms with van der Waals surface area (Å²) >= 11 is 0. The molecule has 1 amide bonds. The highest BCUT2D eigenvalue weighted by Gasteiger charge is 2.19. The van der Waals surface area contributed by atoms with E-state index in [1.54, 1.807) is 30.3 Å². The summed E-state index contributed by atoms with van der Waals surface area (Å²) in [6.45, 7) is 0. The number of benzene rings is 2. The van der Waals surface area contributed by atoms with Crippen LogP contribution in [-0.4, -0.2) is 11.7 Å². The summed E-state index contributed by atoms with van der Waals surface area (Å²) in [5.41, 5.74) is 11.0. The van der Waals surface area contributed by atoms with Gasteiger partial charge >= 0.3 is 0 Å². The van der Waals surface area contributed by atoms with Crippen molar-refractivity contribution >= 4 is 34.6 Å². The summed E-state index contributed by atoms with van der Waals surface area (Å²) in [5, 5.41) is 0.257. The van der Waals surface area contributed by atoms with Crippen molar-refractivity contribution in [3.63, 3.8) is 0 Å². The molecule has 8 nitrogen and oxygen atoms in total. The minimum Gasteiger partial charge on any atom is -0.440 e. The molecule has 2 aromatic carbocycles. The molecule has 0 fully saturated rings. The monoisotopic (exact) mass is 365 g/mol.